The highest BCUT2D eigenvalue weighted by atomic mass is 35.5. The van der Waals surface area contributed by atoms with Crippen LogP contribution in [0.15, 0.2) is 18.2 Å². The van der Waals surface area contributed by atoms with Crippen molar-refractivity contribution >= 4 is 23.2 Å². The zero-order valence-electron chi connectivity index (χ0n) is 11.6. The monoisotopic (exact) mass is 300 g/mol. The molecule has 1 saturated heterocycles. The average Bonchev–Trinajstić information content (AvgIpc) is 2.40. The minimum atomic E-state index is 0.257. The molecule has 19 heavy (non-hydrogen) atoms. The van der Waals surface area contributed by atoms with Gasteiger partial charge in [0.2, 0.25) is 0 Å². The van der Waals surface area contributed by atoms with Gasteiger partial charge in [-0.25, -0.2) is 0 Å². The molecule has 4 heteroatoms. The van der Waals surface area contributed by atoms with Gasteiger partial charge in [0.05, 0.1) is 0 Å². The topological polar surface area (TPSA) is 29.3 Å². The Morgan fingerprint density at radius 2 is 2.16 bits per heavy atom. The number of hydrogen-bond acceptors (Lipinski definition) is 2. The minimum Gasteiger partial charge on any atom is -0.329 e. The molecule has 0 radical (unpaired) electrons. The second-order valence-corrected chi connectivity index (χ2v) is 6.44. The molecule has 3 unspecified atom stereocenters. The summed E-state index contributed by atoms with van der Waals surface area (Å²) in [6.07, 6.45) is 2.39. The molecule has 106 valence electrons. The van der Waals surface area contributed by atoms with E-state index in [9.17, 15) is 0 Å². The predicted octanol–water partition coefficient (Wildman–Crippen LogP) is 4.11. The van der Waals surface area contributed by atoms with Crippen molar-refractivity contribution < 1.29 is 0 Å². The number of nitrogens with zero attached hydrogens (tertiary/aromatic N) is 1. The number of likely N-dealkylation sites (tertiary alicyclic amines) is 1. The summed E-state index contributed by atoms with van der Waals surface area (Å²) < 4.78 is 0. The van der Waals surface area contributed by atoms with Crippen molar-refractivity contribution in [1.82, 2.24) is 4.90 Å². The van der Waals surface area contributed by atoms with Crippen molar-refractivity contribution in [3.05, 3.63) is 33.8 Å². The lowest BCUT2D eigenvalue weighted by molar-refractivity contribution is 0.0834. The molecule has 0 spiro atoms. The molecule has 0 amide bonds. The van der Waals surface area contributed by atoms with E-state index in [0.717, 1.165) is 28.1 Å². The fourth-order valence-electron chi connectivity index (χ4n) is 3.02. The molecule has 0 saturated carbocycles. The van der Waals surface area contributed by atoms with Crippen LogP contribution in [0.3, 0.4) is 0 Å². The lowest BCUT2D eigenvalue weighted by Crippen LogP contribution is -2.47. The Bertz CT molecular complexity index is 436. The Kier molecular flexibility index (Phi) is 5.13. The Hall–Kier alpha value is -0.280. The first-order valence-corrected chi connectivity index (χ1v) is 7.69. The second-order valence-electron chi connectivity index (χ2n) is 5.60. The Morgan fingerprint density at radius 3 is 2.84 bits per heavy atom. The lowest BCUT2D eigenvalue weighted by Gasteiger charge is -2.42. The maximum absolute atomic E-state index is 6.31. The molecular weight excluding hydrogens is 279 g/mol. The van der Waals surface area contributed by atoms with E-state index in [0.29, 0.717) is 12.6 Å². The van der Waals surface area contributed by atoms with Gasteiger partial charge in [-0.05, 0) is 56.0 Å². The van der Waals surface area contributed by atoms with Crippen molar-refractivity contribution in [3.63, 3.8) is 0 Å². The molecule has 2 N–H and O–H groups in total. The summed E-state index contributed by atoms with van der Waals surface area (Å²) in [6, 6.07) is 6.37. The average molecular weight is 301 g/mol. The summed E-state index contributed by atoms with van der Waals surface area (Å²) in [5, 5.41) is 1.52. The zero-order valence-corrected chi connectivity index (χ0v) is 13.1. The van der Waals surface area contributed by atoms with Gasteiger partial charge in [-0.2, -0.15) is 0 Å². The number of benzene rings is 1. The van der Waals surface area contributed by atoms with Crippen LogP contribution in [0.1, 0.15) is 38.3 Å². The van der Waals surface area contributed by atoms with E-state index >= 15 is 0 Å². The van der Waals surface area contributed by atoms with Crippen LogP contribution in [0.5, 0.6) is 0 Å². The summed E-state index contributed by atoms with van der Waals surface area (Å²) >= 11 is 12.4. The molecule has 0 bridgehead atoms. The molecule has 1 aromatic rings. The van der Waals surface area contributed by atoms with Gasteiger partial charge in [-0.1, -0.05) is 30.1 Å². The summed E-state index contributed by atoms with van der Waals surface area (Å²) in [5.74, 6) is 0.756. The molecule has 2 nitrogen and oxygen atoms in total. The molecule has 1 aliphatic heterocycles. The summed E-state index contributed by atoms with van der Waals surface area (Å²) in [7, 11) is 0. The van der Waals surface area contributed by atoms with Crippen molar-refractivity contribution in [2.24, 2.45) is 11.7 Å². The van der Waals surface area contributed by atoms with Crippen LogP contribution in [-0.2, 0) is 0 Å². The molecule has 1 heterocycles. The van der Waals surface area contributed by atoms with Crippen LogP contribution in [0, 0.1) is 5.92 Å². The van der Waals surface area contributed by atoms with Crippen molar-refractivity contribution in [3.8, 4) is 0 Å². The third-order valence-electron chi connectivity index (χ3n) is 4.20. The molecule has 1 fully saturated rings. The summed E-state index contributed by atoms with van der Waals surface area (Å²) in [5.41, 5.74) is 7.04. The normalized spacial score (nSPS) is 26.4. The third-order valence-corrected chi connectivity index (χ3v) is 4.78. The first-order chi connectivity index (χ1) is 9.02. The molecular formula is C15H22Cl2N2. The van der Waals surface area contributed by atoms with Gasteiger partial charge in [-0.3, -0.25) is 4.90 Å². The quantitative estimate of drug-likeness (QED) is 0.910. The Balaban J connectivity index is 2.22. The van der Waals surface area contributed by atoms with E-state index in [4.69, 9.17) is 28.9 Å². The van der Waals surface area contributed by atoms with Crippen LogP contribution in [0.4, 0.5) is 0 Å². The first-order valence-electron chi connectivity index (χ1n) is 6.93. The Labute approximate surface area is 125 Å². The highest BCUT2D eigenvalue weighted by Crippen LogP contribution is 2.34. The number of nitrogens with two attached hydrogens (primary N) is 1. The van der Waals surface area contributed by atoms with Gasteiger partial charge < -0.3 is 5.73 Å². The van der Waals surface area contributed by atoms with E-state index < -0.39 is 0 Å². The van der Waals surface area contributed by atoms with Gasteiger partial charge in [0.1, 0.15) is 0 Å². The minimum absolute atomic E-state index is 0.257. The second kappa shape index (κ2) is 6.45. The van der Waals surface area contributed by atoms with Gasteiger partial charge >= 0.3 is 0 Å². The molecule has 2 rings (SSSR count). The molecule has 1 aliphatic rings. The fraction of sp³-hybridized carbons (Fsp3) is 0.600. The predicted molar refractivity (Wildman–Crippen MR) is 82.8 cm³/mol. The number of hydrogen-bond donors (Lipinski definition) is 1. The zero-order chi connectivity index (χ0) is 14.0. The number of rotatable bonds is 3. The van der Waals surface area contributed by atoms with Crippen LogP contribution < -0.4 is 5.73 Å². The van der Waals surface area contributed by atoms with Gasteiger partial charge in [0.15, 0.2) is 0 Å². The number of piperidine rings is 1. The fourth-order valence-corrected chi connectivity index (χ4v) is 3.48. The maximum atomic E-state index is 6.31. The standard InChI is InChI=1S/C15H22Cl2N2/c1-10-5-6-19(13(7-10)9-18)11(2)14-8-12(16)3-4-15(14)17/h3-4,8,10-11,13H,5-7,9,18H2,1-2H3. The van der Waals surface area contributed by atoms with Crippen molar-refractivity contribution in [2.45, 2.75) is 38.8 Å². The van der Waals surface area contributed by atoms with E-state index in [-0.39, 0.29) is 6.04 Å². The van der Waals surface area contributed by atoms with Crippen LogP contribution in [-0.4, -0.2) is 24.0 Å². The summed E-state index contributed by atoms with van der Waals surface area (Å²) in [6.45, 7) is 6.27. The largest absolute Gasteiger partial charge is 0.329 e. The smallest absolute Gasteiger partial charge is 0.0454 e. The van der Waals surface area contributed by atoms with Crippen LogP contribution >= 0.6 is 23.2 Å². The highest BCUT2D eigenvalue weighted by Gasteiger charge is 2.30. The Morgan fingerprint density at radius 1 is 1.42 bits per heavy atom. The van der Waals surface area contributed by atoms with Gasteiger partial charge in [0.25, 0.3) is 0 Å². The van der Waals surface area contributed by atoms with Gasteiger partial charge in [0, 0.05) is 28.7 Å². The highest BCUT2D eigenvalue weighted by molar-refractivity contribution is 6.33. The number of halogens is 2. The first kappa shape index (κ1) is 15.1. The van der Waals surface area contributed by atoms with Crippen molar-refractivity contribution in [2.75, 3.05) is 13.1 Å². The summed E-state index contributed by atoms with van der Waals surface area (Å²) in [4.78, 5) is 2.47. The maximum Gasteiger partial charge on any atom is 0.0454 e. The third kappa shape index (κ3) is 3.43. The van der Waals surface area contributed by atoms with Crippen LogP contribution in [0.25, 0.3) is 0 Å². The van der Waals surface area contributed by atoms with Crippen LogP contribution in [0.2, 0.25) is 10.0 Å². The van der Waals surface area contributed by atoms with Gasteiger partial charge in [-0.15, -0.1) is 0 Å². The van der Waals surface area contributed by atoms with Crippen molar-refractivity contribution in [1.29, 1.82) is 0 Å². The SMILES string of the molecule is CC1CCN(C(C)c2cc(Cl)ccc2Cl)C(CN)C1. The van der Waals surface area contributed by atoms with E-state index in [2.05, 4.69) is 18.7 Å². The molecule has 0 aliphatic carbocycles. The van der Waals surface area contributed by atoms with E-state index in [1.54, 1.807) is 0 Å². The molecule has 3 atom stereocenters. The molecule has 0 aromatic heterocycles. The van der Waals surface area contributed by atoms with E-state index in [1.165, 1.54) is 12.8 Å². The lowest BCUT2D eigenvalue weighted by atomic mass is 9.90. The molecule has 1 aromatic carbocycles. The van der Waals surface area contributed by atoms with E-state index in [1.807, 2.05) is 18.2 Å².